The zero-order valence-electron chi connectivity index (χ0n) is 19.8. The molecule has 3 aromatic carbocycles. The van der Waals surface area contributed by atoms with Crippen LogP contribution in [0.5, 0.6) is 40.2 Å². The van der Waals surface area contributed by atoms with Gasteiger partial charge >= 0.3 is 5.97 Å². The van der Waals surface area contributed by atoms with Gasteiger partial charge in [0.2, 0.25) is 11.2 Å². The van der Waals surface area contributed by atoms with Crippen LogP contribution in [-0.2, 0) is 4.79 Å². The summed E-state index contributed by atoms with van der Waals surface area (Å²) in [5.41, 5.74) is 0.00234. The maximum Gasteiger partial charge on any atom is 0.312 e. The van der Waals surface area contributed by atoms with Gasteiger partial charge in [0.15, 0.2) is 28.8 Å². The van der Waals surface area contributed by atoms with Gasteiger partial charge in [-0.2, -0.15) is 0 Å². The van der Waals surface area contributed by atoms with E-state index in [-0.39, 0.29) is 34.5 Å². The Morgan fingerprint density at radius 3 is 2.43 bits per heavy atom. The van der Waals surface area contributed by atoms with Crippen LogP contribution in [0.1, 0.15) is 30.4 Å². The number of hydrogen-bond acceptors (Lipinski definition) is 10. The molecule has 2 heterocycles. The number of phenolic OH excluding ortho intramolecular Hbond substituents is 3. The highest BCUT2D eigenvalue weighted by Crippen LogP contribution is 2.48. The predicted octanol–water partition coefficient (Wildman–Crippen LogP) is 4.13. The van der Waals surface area contributed by atoms with Crippen LogP contribution in [0.2, 0.25) is 0 Å². The summed E-state index contributed by atoms with van der Waals surface area (Å²) in [5, 5.41) is 40.6. The first-order chi connectivity index (χ1) is 17.7. The fourth-order valence-corrected chi connectivity index (χ4v) is 4.50. The fourth-order valence-electron chi connectivity index (χ4n) is 4.50. The second-order valence-electron chi connectivity index (χ2n) is 8.40. The number of phenols is 3. The Morgan fingerprint density at radius 2 is 1.73 bits per heavy atom. The Bertz CT molecular complexity index is 1620. The lowest BCUT2D eigenvalue weighted by Crippen LogP contribution is -2.22. The van der Waals surface area contributed by atoms with Crippen molar-refractivity contribution in [2.45, 2.75) is 19.3 Å². The molecule has 0 bridgehead atoms. The molecule has 37 heavy (non-hydrogen) atoms. The van der Waals surface area contributed by atoms with Gasteiger partial charge in [-0.1, -0.05) is 6.07 Å². The lowest BCUT2D eigenvalue weighted by atomic mass is 9.85. The highest BCUT2D eigenvalue weighted by Gasteiger charge is 2.35. The van der Waals surface area contributed by atoms with Crippen molar-refractivity contribution in [3.8, 4) is 51.6 Å². The molecule has 5 rings (SSSR count). The van der Waals surface area contributed by atoms with E-state index < -0.39 is 40.3 Å². The van der Waals surface area contributed by atoms with Crippen molar-refractivity contribution in [2.24, 2.45) is 0 Å². The molecular weight excluding hydrogens is 484 g/mol. The minimum atomic E-state index is -0.926. The minimum Gasteiger partial charge on any atom is -0.507 e. The van der Waals surface area contributed by atoms with Gasteiger partial charge in [-0.15, -0.1) is 0 Å². The fraction of sp³-hybridized carbons (Fsp3) is 0.185. The van der Waals surface area contributed by atoms with E-state index in [9.17, 15) is 30.0 Å². The van der Waals surface area contributed by atoms with Crippen molar-refractivity contribution in [3.63, 3.8) is 0 Å². The zero-order chi connectivity index (χ0) is 26.4. The normalized spacial score (nSPS) is 14.8. The van der Waals surface area contributed by atoms with Crippen molar-refractivity contribution in [1.82, 2.24) is 0 Å². The highest BCUT2D eigenvalue weighted by atomic mass is 16.5. The summed E-state index contributed by atoms with van der Waals surface area (Å²) < 4.78 is 22.4. The Balaban J connectivity index is 1.81. The largest absolute Gasteiger partial charge is 0.507 e. The van der Waals surface area contributed by atoms with E-state index in [4.69, 9.17) is 18.6 Å². The van der Waals surface area contributed by atoms with E-state index in [1.165, 1.54) is 19.2 Å². The molecule has 4 N–H and O–H groups in total. The lowest BCUT2D eigenvalue weighted by molar-refractivity contribution is -0.135. The number of fused-ring (bicyclic) bond motifs is 3. The second kappa shape index (κ2) is 8.98. The molecule has 4 aromatic rings. The molecule has 10 heteroatoms. The predicted molar refractivity (Wildman–Crippen MR) is 131 cm³/mol. The minimum absolute atomic E-state index is 0.00614. The second-order valence-corrected chi connectivity index (χ2v) is 8.40. The van der Waals surface area contributed by atoms with Crippen molar-refractivity contribution in [2.75, 3.05) is 13.7 Å². The van der Waals surface area contributed by atoms with Crippen LogP contribution >= 0.6 is 0 Å². The topological polar surface area (TPSA) is 156 Å². The summed E-state index contributed by atoms with van der Waals surface area (Å²) in [6, 6.07) is 9.90. The number of benzene rings is 3. The molecule has 0 saturated heterocycles. The van der Waals surface area contributed by atoms with Gasteiger partial charge in [-0.25, -0.2) is 0 Å². The van der Waals surface area contributed by atoms with E-state index in [2.05, 4.69) is 0 Å². The standard InChI is InChI=1S/C27H22O10/c1-3-35-19-9-12(5-7-18(19)34-2)14-10-21(31)36-20-11-17(30)23-24(32)25(33)26(37-27(23)22(14)20)13-4-6-15(28)16(29)8-13/h4-9,11,14,28-30,33H,3,10H2,1-2H3/t14-/m0/s1. The first-order valence-electron chi connectivity index (χ1n) is 11.3. The summed E-state index contributed by atoms with van der Waals surface area (Å²) in [6.07, 6.45) is -0.106. The molecule has 1 aliphatic heterocycles. The molecule has 1 aromatic heterocycles. The third-order valence-electron chi connectivity index (χ3n) is 6.19. The van der Waals surface area contributed by atoms with Gasteiger partial charge in [-0.05, 0) is 42.8 Å². The summed E-state index contributed by atoms with van der Waals surface area (Å²) >= 11 is 0. The first-order valence-corrected chi connectivity index (χ1v) is 11.3. The average molecular weight is 506 g/mol. The molecule has 0 fully saturated rings. The molecule has 190 valence electrons. The van der Waals surface area contributed by atoms with Crippen LogP contribution in [-0.4, -0.2) is 40.1 Å². The van der Waals surface area contributed by atoms with Gasteiger partial charge in [0.25, 0.3) is 0 Å². The van der Waals surface area contributed by atoms with Gasteiger partial charge in [0, 0.05) is 23.1 Å². The average Bonchev–Trinajstić information content (AvgIpc) is 2.87. The summed E-state index contributed by atoms with van der Waals surface area (Å²) in [4.78, 5) is 25.7. The van der Waals surface area contributed by atoms with Crippen molar-refractivity contribution < 1.29 is 43.8 Å². The van der Waals surface area contributed by atoms with E-state index in [0.29, 0.717) is 29.2 Å². The molecule has 0 radical (unpaired) electrons. The van der Waals surface area contributed by atoms with Crippen LogP contribution in [0.3, 0.4) is 0 Å². The number of rotatable bonds is 5. The van der Waals surface area contributed by atoms with Gasteiger partial charge in [-0.3, -0.25) is 9.59 Å². The number of carbonyl (C=O) groups is 1. The van der Waals surface area contributed by atoms with Crippen LogP contribution in [0.25, 0.3) is 22.3 Å². The highest BCUT2D eigenvalue weighted by molar-refractivity contribution is 5.94. The molecule has 0 aliphatic carbocycles. The lowest BCUT2D eigenvalue weighted by Gasteiger charge is -2.26. The number of methoxy groups -OCH3 is 1. The smallest absolute Gasteiger partial charge is 0.312 e. The maximum absolute atomic E-state index is 13.2. The Labute approximate surface area is 209 Å². The van der Waals surface area contributed by atoms with Gasteiger partial charge < -0.3 is 39.1 Å². The molecule has 10 nitrogen and oxygen atoms in total. The molecule has 0 spiro atoms. The SMILES string of the molecule is CCOc1cc([C@@H]2CC(=O)Oc3cc(O)c4c(=O)c(O)c(-c5ccc(O)c(O)c5)oc4c32)ccc1OC. The maximum atomic E-state index is 13.2. The summed E-state index contributed by atoms with van der Waals surface area (Å²) in [6.45, 7) is 2.19. The molecule has 1 atom stereocenters. The monoisotopic (exact) mass is 506 g/mol. The number of carbonyl (C=O) groups excluding carboxylic acids is 1. The van der Waals surface area contributed by atoms with E-state index in [0.717, 1.165) is 12.1 Å². The Hall–Kier alpha value is -4.86. The zero-order valence-corrected chi connectivity index (χ0v) is 19.8. The molecule has 0 unspecified atom stereocenters. The first kappa shape index (κ1) is 23.9. The molecule has 1 aliphatic rings. The Morgan fingerprint density at radius 1 is 0.946 bits per heavy atom. The summed E-state index contributed by atoms with van der Waals surface area (Å²) in [7, 11) is 1.50. The van der Waals surface area contributed by atoms with E-state index in [1.54, 1.807) is 18.2 Å². The Kier molecular flexibility index (Phi) is 5.79. The van der Waals surface area contributed by atoms with Crippen LogP contribution in [0, 0.1) is 0 Å². The molecule has 0 amide bonds. The quantitative estimate of drug-likeness (QED) is 0.176. The van der Waals surface area contributed by atoms with Gasteiger partial charge in [0.1, 0.15) is 22.5 Å². The van der Waals surface area contributed by atoms with Gasteiger partial charge in [0.05, 0.1) is 20.1 Å². The number of hydrogen-bond donors (Lipinski definition) is 4. The third kappa shape index (κ3) is 3.92. The number of aromatic hydroxyl groups is 4. The van der Waals surface area contributed by atoms with Crippen molar-refractivity contribution in [1.29, 1.82) is 0 Å². The molecular formula is C27H22O10. The van der Waals surface area contributed by atoms with Crippen LogP contribution < -0.4 is 19.6 Å². The van der Waals surface area contributed by atoms with E-state index in [1.807, 2.05) is 6.92 Å². The third-order valence-corrected chi connectivity index (χ3v) is 6.19. The van der Waals surface area contributed by atoms with Crippen molar-refractivity contribution >= 4 is 16.9 Å². The number of ether oxygens (including phenoxy) is 3. The molecule has 0 saturated carbocycles. The van der Waals surface area contributed by atoms with Crippen molar-refractivity contribution in [3.05, 3.63) is 63.8 Å². The summed E-state index contributed by atoms with van der Waals surface area (Å²) in [5.74, 6) is -2.85. The van der Waals surface area contributed by atoms with Crippen LogP contribution in [0.15, 0.2) is 51.7 Å². The van der Waals surface area contributed by atoms with E-state index >= 15 is 0 Å². The van der Waals surface area contributed by atoms with Crippen LogP contribution in [0.4, 0.5) is 0 Å². The number of esters is 1.